The number of likely N-dealkylation sites (tertiary alicyclic amines) is 2. The molecule has 18 N–H and O–H groups in total. The summed E-state index contributed by atoms with van der Waals surface area (Å²) < 4.78 is 65.3. The number of piperidine rings is 1. The summed E-state index contributed by atoms with van der Waals surface area (Å²) in [6.07, 6.45) is 14.2. The number of unbranched alkanes of at least 4 members (excludes halogenated alkanes) is 4. The number of Topliss-reactive ketones (excluding diaryl/α,β-unsaturated/α-hetero) is 2. The van der Waals surface area contributed by atoms with Gasteiger partial charge < -0.3 is 64.2 Å². The Kier molecular flexibility index (Phi) is 33.9. The zero-order chi connectivity index (χ0) is 102. The fraction of sp³-hybridized carbons (Fsp3) is 0.495. The van der Waals surface area contributed by atoms with Crippen molar-refractivity contribution in [2.45, 2.75) is 237 Å². The van der Waals surface area contributed by atoms with E-state index in [0.29, 0.717) is 102 Å². The number of nitrogens with one attached hydrogen (secondary N) is 8. The summed E-state index contributed by atoms with van der Waals surface area (Å²) in [5.74, 6) is -9.64. The first-order chi connectivity index (χ1) is 68.4. The molecule has 6 heterocycles. The van der Waals surface area contributed by atoms with E-state index >= 15 is 0 Å². The molecule has 8 aromatic rings. The molecule has 2 aliphatic heterocycles. The van der Waals surface area contributed by atoms with Crippen molar-refractivity contribution in [2.24, 2.45) is 69.1 Å². The van der Waals surface area contributed by atoms with Crippen LogP contribution in [-0.4, -0.2) is 181 Å². The molecule has 40 heteroatoms. The summed E-state index contributed by atoms with van der Waals surface area (Å²) in [5, 5.41) is 58.9. The number of hydrogen-bond acceptors (Lipinski definition) is 22. The lowest BCUT2D eigenvalue weighted by atomic mass is 9.89. The summed E-state index contributed by atoms with van der Waals surface area (Å²) in [6, 6.07) is 35.9. The lowest BCUT2D eigenvalue weighted by Gasteiger charge is -2.24. The molecule has 3 fully saturated rings. The highest BCUT2D eigenvalue weighted by atomic mass is 32.2. The number of nitrogens with zero attached hydrogens (tertiary/aromatic N) is 6. The van der Waals surface area contributed by atoms with Crippen LogP contribution in [-0.2, 0) is 103 Å². The zero-order valence-corrected chi connectivity index (χ0v) is 82.7. The van der Waals surface area contributed by atoms with Crippen LogP contribution >= 0.6 is 0 Å². The second kappa shape index (κ2) is 46.3. The minimum Gasteiger partial charge on any atom is -0.393 e. The van der Waals surface area contributed by atoms with Crippen molar-refractivity contribution in [3.05, 3.63) is 191 Å². The predicted molar refractivity (Wildman–Crippen MR) is 531 cm³/mol. The number of fused-ring (bicyclic) bond motifs is 4. The SMILES string of the molecule is CC(C)[C@@H](NC(=O)CCCCCN1C(=O)C2=C(C1=O)C2C1CC(=O)N(CCCCCC(=O)N[C@@H](C(=O)C[C@H](CCCNC(N)=O)C(=O)Nc2ccc(C[n+]3ccc(N[C@H]4CCc5ccccc54)c4ccn([C@@H]5C[C@@H](COS(N)(=O)=O)[C@@H](O)C5)c43)cc2)C(C)C)C1=O)C(=O)C[C@H](CCCNC(N)=O)C(=O)Nc1ccc(C[n+]2ccc(N[C@H]3CCc4ccccc43)c3ccn([C@@H]4C[C@@H](COS(N)(=O)=O)[C@@H](O)C4)c32)cc1. The molecule has 13 atom stereocenters. The quantitative estimate of drug-likeness (QED) is 0.00969. The maximum Gasteiger partial charge on any atom is 0.333 e. The van der Waals surface area contributed by atoms with E-state index in [4.69, 9.17) is 30.1 Å². The summed E-state index contributed by atoms with van der Waals surface area (Å²) in [5.41, 5.74) is 22.5. The van der Waals surface area contributed by atoms with Crippen LogP contribution in [0.25, 0.3) is 22.1 Å². The molecule has 143 heavy (non-hydrogen) atoms. The Labute approximate surface area is 831 Å². The van der Waals surface area contributed by atoms with Gasteiger partial charge in [-0.25, -0.2) is 38.1 Å². The Morgan fingerprint density at radius 2 is 0.916 bits per heavy atom. The first-order valence-corrected chi connectivity index (χ1v) is 52.7. The lowest BCUT2D eigenvalue weighted by Crippen LogP contribution is -2.45. The van der Waals surface area contributed by atoms with Gasteiger partial charge in [0.1, 0.15) is 25.2 Å². The highest BCUT2D eigenvalue weighted by molar-refractivity contribution is 7.84. The van der Waals surface area contributed by atoms with Gasteiger partial charge in [0.25, 0.3) is 23.1 Å². The Morgan fingerprint density at radius 3 is 1.32 bits per heavy atom. The summed E-state index contributed by atoms with van der Waals surface area (Å²) in [4.78, 5) is 165. The Morgan fingerprint density at radius 1 is 0.503 bits per heavy atom. The van der Waals surface area contributed by atoms with E-state index in [-0.39, 0.29) is 143 Å². The second-order valence-corrected chi connectivity index (χ2v) is 42.3. The van der Waals surface area contributed by atoms with Gasteiger partial charge in [0, 0.05) is 135 Å². The molecule has 2 saturated carbocycles. The third kappa shape index (κ3) is 26.1. The number of aromatic nitrogens is 4. The van der Waals surface area contributed by atoms with E-state index in [1.165, 1.54) is 22.3 Å². The normalized spacial score (nSPS) is 20.8. The minimum atomic E-state index is -4.23. The van der Waals surface area contributed by atoms with Crippen LogP contribution in [0.3, 0.4) is 0 Å². The van der Waals surface area contributed by atoms with Gasteiger partial charge in [-0.05, 0) is 172 Å². The number of carbonyl (C=O) groups is 12. The molecular weight excluding hydrogens is 1870 g/mol. The molecule has 15 rings (SSSR count). The fourth-order valence-electron chi connectivity index (χ4n) is 21.7. The maximum atomic E-state index is 14.3. The van der Waals surface area contributed by atoms with Gasteiger partial charge >= 0.3 is 32.7 Å². The number of imide groups is 2. The van der Waals surface area contributed by atoms with Gasteiger partial charge in [-0.2, -0.15) is 16.8 Å². The molecule has 764 valence electrons. The number of anilines is 4. The molecule has 1 unspecified atom stereocenters. The molecule has 38 nitrogen and oxygen atoms in total. The van der Waals surface area contributed by atoms with Crippen molar-refractivity contribution in [2.75, 3.05) is 60.7 Å². The molecule has 4 aromatic heterocycles. The molecule has 12 amide bonds. The van der Waals surface area contributed by atoms with Crippen LogP contribution in [0.2, 0.25) is 0 Å². The fourth-order valence-corrected chi connectivity index (χ4v) is 22.4. The summed E-state index contributed by atoms with van der Waals surface area (Å²) in [7, 11) is -8.45. The van der Waals surface area contributed by atoms with Gasteiger partial charge in [0.2, 0.25) is 35.4 Å². The van der Waals surface area contributed by atoms with E-state index in [0.717, 1.165) is 80.1 Å². The Balaban J connectivity index is 0.483. The second-order valence-electron chi connectivity index (χ2n) is 39.9. The predicted octanol–water partition coefficient (Wildman–Crippen LogP) is 8.23. The van der Waals surface area contributed by atoms with Crippen LogP contribution in [0.5, 0.6) is 0 Å². The van der Waals surface area contributed by atoms with Crippen molar-refractivity contribution in [3.63, 3.8) is 0 Å². The topological polar surface area (TPSA) is 556 Å². The number of nitrogens with two attached hydrogens (primary N) is 4. The van der Waals surface area contributed by atoms with E-state index in [1.807, 2.05) is 97.6 Å². The van der Waals surface area contributed by atoms with Gasteiger partial charge in [0.05, 0.1) is 102 Å². The van der Waals surface area contributed by atoms with E-state index in [2.05, 4.69) is 85.1 Å². The van der Waals surface area contributed by atoms with Gasteiger partial charge in [0.15, 0.2) is 11.6 Å². The van der Waals surface area contributed by atoms with Crippen LogP contribution in [0, 0.1) is 47.3 Å². The molecule has 7 aliphatic rings. The lowest BCUT2D eigenvalue weighted by molar-refractivity contribution is -0.665. The molecule has 0 bridgehead atoms. The van der Waals surface area contributed by atoms with E-state index in [1.54, 1.807) is 52.0 Å². The van der Waals surface area contributed by atoms with Crippen molar-refractivity contribution >= 4 is 136 Å². The Hall–Kier alpha value is -12.7. The van der Waals surface area contributed by atoms with Gasteiger partial charge in [-0.3, -0.25) is 66.1 Å². The third-order valence-corrected chi connectivity index (χ3v) is 30.1. The molecule has 0 radical (unpaired) electrons. The number of aryl methyl sites for hydroxylation is 2. The van der Waals surface area contributed by atoms with Crippen LogP contribution in [0.15, 0.2) is 157 Å². The largest absolute Gasteiger partial charge is 0.393 e. The molecule has 4 aromatic carbocycles. The highest BCUT2D eigenvalue weighted by Crippen LogP contribution is 2.54. The number of ketones is 2. The monoisotopic (exact) mass is 2000 g/mol. The number of urea groups is 2. The van der Waals surface area contributed by atoms with Crippen molar-refractivity contribution in [3.8, 4) is 0 Å². The average molecular weight is 2010 g/mol. The minimum absolute atomic E-state index is 0.00948. The summed E-state index contributed by atoms with van der Waals surface area (Å²) >= 11 is 0. The number of benzene rings is 4. The van der Waals surface area contributed by atoms with E-state index < -0.39 is 140 Å². The number of pyridine rings is 2. The highest BCUT2D eigenvalue weighted by Gasteiger charge is 2.62. The number of aliphatic hydroxyl groups excluding tert-OH is 2. The number of aliphatic hydroxyl groups is 2. The first kappa shape index (κ1) is 105. The summed E-state index contributed by atoms with van der Waals surface area (Å²) in [6.45, 7) is 7.80. The number of rotatable bonds is 51. The number of amides is 12. The molecular formula is C103H132N18O20S2+2. The average Bonchev–Trinajstić information content (AvgIpc) is 1.53. The molecule has 5 aliphatic carbocycles. The van der Waals surface area contributed by atoms with Crippen LogP contribution in [0.4, 0.5) is 32.3 Å². The number of primary amides is 2. The van der Waals surface area contributed by atoms with Crippen LogP contribution < -0.4 is 73.4 Å². The molecule has 0 spiro atoms. The Bertz CT molecular complexity index is 6360. The van der Waals surface area contributed by atoms with Crippen molar-refractivity contribution < 1.29 is 102 Å². The number of hydrogen-bond donors (Lipinski definition) is 14. The van der Waals surface area contributed by atoms with Gasteiger partial charge in [-0.1, -0.05) is 113 Å². The van der Waals surface area contributed by atoms with Crippen molar-refractivity contribution in [1.82, 2.24) is 40.2 Å². The van der Waals surface area contributed by atoms with Crippen molar-refractivity contribution in [1.29, 1.82) is 0 Å². The standard InChI is InChI=1S/C103H130N18O20S2/c1-60(2)93(85(124)51-66(19-15-41-108-102(104)134)95(129)110-70-31-25-62(26-32-70)56-116-45-39-81(112-79-35-29-64-17-9-11-21-74(64)79)76-37-47-118(97(76)116)72-49-68(83(122)53-72)58-140-142(106,136)137)114-87(126)23-7-5-13-43-120-89(128)55-78(99(120)131)90-91-92(90)101(133)121(100(91)132)44-14-6-8-24-88(127)115-94(61(3)4)86(125)52-67(20-16-42-109-103(105)135)96(130)111-71-33-27-63(28-34-71)57-117-46-40-82(113-80-36-30-65-18-10-12-22-75(65)80)77-38-48-119(98(77)117)73-50-69(84(123)54-73)59-141-143(107,138)139/h9-12,17-18,21-22,25-28,31-34,37-40,45-48,60-61,66-69,72-73,78-80,83-84,90,93-94,122-123H,5-8,13-16,19-20,23-24,29-30,35-36,41-44,49-59H2,1-4H3,(H14,104,105,106,107,108,109,110,111,114,115,126,127,129,130,134,135,136,137,138,139)/p+2/t66-,67-,68-,69-,72+,73+,78?,79-,80-,83-,84-,93+,94+/m0/s1. The zero-order valence-electron chi connectivity index (χ0n) is 81.1. The smallest absolute Gasteiger partial charge is 0.333 e. The maximum absolute atomic E-state index is 14.3. The molecule has 1 saturated heterocycles. The van der Waals surface area contributed by atoms with E-state index in [9.17, 15) is 84.6 Å². The van der Waals surface area contributed by atoms with Gasteiger partial charge in [-0.15, -0.1) is 0 Å². The third-order valence-electron chi connectivity index (χ3n) is 29.1. The first-order valence-electron chi connectivity index (χ1n) is 49.8. The van der Waals surface area contributed by atoms with Crippen LogP contribution in [0.1, 0.15) is 220 Å². The number of carbonyl (C=O) groups excluding carboxylic acids is 12.